The summed E-state index contributed by atoms with van der Waals surface area (Å²) in [6, 6.07) is 22.9. The quantitative estimate of drug-likeness (QED) is 0.858. The maximum absolute atomic E-state index is 3.84. The van der Waals surface area contributed by atoms with Crippen LogP contribution in [0.4, 0.5) is 0 Å². The number of piperidine rings is 1. The molecule has 3 rings (SSSR count). The van der Waals surface area contributed by atoms with Gasteiger partial charge in [-0.1, -0.05) is 67.1 Å². The monoisotopic (exact) mass is 265 g/mol. The van der Waals surface area contributed by atoms with E-state index in [-0.39, 0.29) is 0 Å². The van der Waals surface area contributed by atoms with E-state index in [1.54, 1.807) is 0 Å². The van der Waals surface area contributed by atoms with Crippen molar-refractivity contribution < 1.29 is 0 Å². The van der Waals surface area contributed by atoms with Crippen molar-refractivity contribution >= 4 is 0 Å². The molecule has 2 atom stereocenters. The first kappa shape index (κ1) is 13.4. The van der Waals surface area contributed by atoms with Gasteiger partial charge in [-0.15, -0.1) is 0 Å². The van der Waals surface area contributed by atoms with Gasteiger partial charge in [0.15, 0.2) is 0 Å². The van der Waals surface area contributed by atoms with Gasteiger partial charge in [0, 0.05) is 12.1 Å². The lowest BCUT2D eigenvalue weighted by atomic mass is 9.91. The van der Waals surface area contributed by atoms with Crippen LogP contribution in [0.3, 0.4) is 0 Å². The van der Waals surface area contributed by atoms with Gasteiger partial charge in [-0.05, 0) is 36.8 Å². The van der Waals surface area contributed by atoms with Gasteiger partial charge in [0.2, 0.25) is 0 Å². The van der Waals surface area contributed by atoms with Crippen LogP contribution in [0, 0.1) is 0 Å². The number of hydrogen-bond donors (Lipinski definition) is 1. The third kappa shape index (κ3) is 3.49. The molecule has 0 aliphatic carbocycles. The Labute approximate surface area is 122 Å². The van der Waals surface area contributed by atoms with Crippen LogP contribution in [0.5, 0.6) is 0 Å². The minimum atomic E-state index is 0.547. The summed E-state index contributed by atoms with van der Waals surface area (Å²) in [6.45, 7) is 0. The normalized spacial score (nSPS) is 22.6. The second-order valence-electron chi connectivity index (χ2n) is 5.78. The molecule has 0 saturated carbocycles. The molecule has 1 heterocycles. The highest BCUT2D eigenvalue weighted by Crippen LogP contribution is 2.26. The van der Waals surface area contributed by atoms with E-state index in [2.05, 4.69) is 66.0 Å². The first-order valence-corrected chi connectivity index (χ1v) is 7.77. The van der Waals surface area contributed by atoms with Gasteiger partial charge in [-0.2, -0.15) is 0 Å². The maximum Gasteiger partial charge on any atom is 0.0322 e. The second-order valence-corrected chi connectivity index (χ2v) is 5.78. The van der Waals surface area contributed by atoms with E-state index < -0.39 is 0 Å². The van der Waals surface area contributed by atoms with Crippen LogP contribution >= 0.6 is 0 Å². The fourth-order valence-electron chi connectivity index (χ4n) is 3.18. The molecule has 104 valence electrons. The van der Waals surface area contributed by atoms with Crippen LogP contribution < -0.4 is 5.32 Å². The topological polar surface area (TPSA) is 12.0 Å². The molecule has 1 N–H and O–H groups in total. The van der Waals surface area contributed by atoms with E-state index in [1.807, 2.05) is 0 Å². The van der Waals surface area contributed by atoms with Crippen molar-refractivity contribution in [1.29, 1.82) is 0 Å². The number of aryl methyl sites for hydroxylation is 1. The Kier molecular flexibility index (Phi) is 4.49. The average molecular weight is 265 g/mol. The molecule has 0 aromatic heterocycles. The Morgan fingerprint density at radius 1 is 0.850 bits per heavy atom. The smallest absolute Gasteiger partial charge is 0.0322 e. The lowest BCUT2D eigenvalue weighted by Crippen LogP contribution is -2.37. The average Bonchev–Trinajstić information content (AvgIpc) is 2.55. The molecule has 1 fully saturated rings. The van der Waals surface area contributed by atoms with E-state index in [0.29, 0.717) is 12.1 Å². The van der Waals surface area contributed by atoms with Gasteiger partial charge in [0.05, 0.1) is 0 Å². The maximum atomic E-state index is 3.84. The molecule has 1 aliphatic heterocycles. The van der Waals surface area contributed by atoms with Crippen LogP contribution in [0.15, 0.2) is 60.7 Å². The van der Waals surface area contributed by atoms with Gasteiger partial charge in [0.25, 0.3) is 0 Å². The van der Waals surface area contributed by atoms with E-state index in [1.165, 1.54) is 43.2 Å². The number of nitrogens with one attached hydrogen (secondary N) is 1. The van der Waals surface area contributed by atoms with E-state index in [9.17, 15) is 0 Å². The largest absolute Gasteiger partial charge is 0.307 e. The molecule has 0 amide bonds. The summed E-state index contributed by atoms with van der Waals surface area (Å²) in [4.78, 5) is 0. The molecule has 1 saturated heterocycles. The highest BCUT2D eigenvalue weighted by molar-refractivity contribution is 5.20. The molecule has 0 unspecified atom stereocenters. The van der Waals surface area contributed by atoms with Crippen LogP contribution in [-0.2, 0) is 6.42 Å². The van der Waals surface area contributed by atoms with Gasteiger partial charge >= 0.3 is 0 Å². The minimum Gasteiger partial charge on any atom is -0.307 e. The minimum absolute atomic E-state index is 0.547. The Morgan fingerprint density at radius 3 is 2.30 bits per heavy atom. The summed E-state index contributed by atoms with van der Waals surface area (Å²) in [5.41, 5.74) is 2.90. The highest BCUT2D eigenvalue weighted by atomic mass is 15.0. The van der Waals surface area contributed by atoms with Crippen LogP contribution in [0.1, 0.15) is 42.9 Å². The molecule has 1 aliphatic rings. The van der Waals surface area contributed by atoms with Crippen molar-refractivity contribution in [3.63, 3.8) is 0 Å². The van der Waals surface area contributed by atoms with Crippen molar-refractivity contribution in [2.24, 2.45) is 0 Å². The van der Waals surface area contributed by atoms with Crippen LogP contribution in [0.25, 0.3) is 0 Å². The predicted molar refractivity (Wildman–Crippen MR) is 84.7 cm³/mol. The molecule has 20 heavy (non-hydrogen) atoms. The standard InChI is InChI=1S/C19H23N/c1-3-8-16(9-4-1)14-15-18-12-7-13-19(20-18)17-10-5-2-6-11-17/h1-6,8-11,18-20H,7,12-15H2/t18-,19+/m1/s1. The van der Waals surface area contributed by atoms with Crippen molar-refractivity contribution in [2.45, 2.75) is 44.2 Å². The third-order valence-electron chi connectivity index (χ3n) is 4.31. The van der Waals surface area contributed by atoms with Gasteiger partial charge in [-0.3, -0.25) is 0 Å². The van der Waals surface area contributed by atoms with E-state index >= 15 is 0 Å². The number of hydrogen-bond acceptors (Lipinski definition) is 1. The Bertz CT molecular complexity index is 506. The molecular formula is C19H23N. The van der Waals surface area contributed by atoms with Crippen molar-refractivity contribution in [2.75, 3.05) is 0 Å². The molecule has 1 nitrogen and oxygen atoms in total. The summed E-state index contributed by atoms with van der Waals surface area (Å²) in [6.07, 6.45) is 6.35. The fourth-order valence-corrected chi connectivity index (χ4v) is 3.18. The summed E-state index contributed by atoms with van der Waals surface area (Å²) in [5.74, 6) is 0. The molecular weight excluding hydrogens is 242 g/mol. The molecule has 0 radical (unpaired) electrons. The summed E-state index contributed by atoms with van der Waals surface area (Å²) in [5, 5.41) is 3.84. The van der Waals surface area contributed by atoms with Crippen LogP contribution in [-0.4, -0.2) is 6.04 Å². The highest BCUT2D eigenvalue weighted by Gasteiger charge is 2.21. The predicted octanol–water partition coefficient (Wildman–Crippen LogP) is 4.50. The lowest BCUT2D eigenvalue weighted by molar-refractivity contribution is 0.312. The molecule has 2 aromatic rings. The molecule has 2 aromatic carbocycles. The molecule has 0 bridgehead atoms. The second kappa shape index (κ2) is 6.71. The van der Waals surface area contributed by atoms with E-state index in [0.717, 1.165) is 0 Å². The zero-order valence-electron chi connectivity index (χ0n) is 12.0. The van der Waals surface area contributed by atoms with Crippen molar-refractivity contribution in [3.05, 3.63) is 71.8 Å². The zero-order valence-corrected chi connectivity index (χ0v) is 12.0. The SMILES string of the molecule is c1ccc(CC[C@H]2CCC[C@@H](c3ccccc3)N2)cc1. The first-order chi connectivity index (χ1) is 9.92. The van der Waals surface area contributed by atoms with Gasteiger partial charge in [-0.25, -0.2) is 0 Å². The number of rotatable bonds is 4. The number of benzene rings is 2. The Morgan fingerprint density at radius 2 is 1.55 bits per heavy atom. The van der Waals surface area contributed by atoms with E-state index in [4.69, 9.17) is 0 Å². The Balaban J connectivity index is 1.56. The van der Waals surface area contributed by atoms with Gasteiger partial charge < -0.3 is 5.32 Å². The summed E-state index contributed by atoms with van der Waals surface area (Å²) < 4.78 is 0. The van der Waals surface area contributed by atoms with Crippen LogP contribution in [0.2, 0.25) is 0 Å². The fraction of sp³-hybridized carbons (Fsp3) is 0.368. The summed E-state index contributed by atoms with van der Waals surface area (Å²) in [7, 11) is 0. The first-order valence-electron chi connectivity index (χ1n) is 7.77. The summed E-state index contributed by atoms with van der Waals surface area (Å²) >= 11 is 0. The Hall–Kier alpha value is -1.60. The van der Waals surface area contributed by atoms with Crippen molar-refractivity contribution in [3.8, 4) is 0 Å². The molecule has 1 heteroatoms. The van der Waals surface area contributed by atoms with Crippen molar-refractivity contribution in [1.82, 2.24) is 5.32 Å². The molecule has 0 spiro atoms. The zero-order chi connectivity index (χ0) is 13.6. The third-order valence-corrected chi connectivity index (χ3v) is 4.31. The lowest BCUT2D eigenvalue weighted by Gasteiger charge is -2.31. The van der Waals surface area contributed by atoms with Gasteiger partial charge in [0.1, 0.15) is 0 Å².